The maximum atomic E-state index is 11.2. The lowest BCUT2D eigenvalue weighted by atomic mass is 9.83. The van der Waals surface area contributed by atoms with Gasteiger partial charge in [-0.2, -0.15) is 0 Å². The van der Waals surface area contributed by atoms with Crippen LogP contribution in [0.5, 0.6) is 5.75 Å². The number of carboxylic acids is 1. The average molecular weight is 353 g/mol. The second-order valence-electron chi connectivity index (χ2n) is 7.04. The molecule has 1 fully saturated rings. The number of hydrazine groups is 1. The molecule has 0 radical (unpaired) electrons. The van der Waals surface area contributed by atoms with Gasteiger partial charge in [0.1, 0.15) is 5.75 Å². The van der Waals surface area contributed by atoms with Crippen LogP contribution in [0.15, 0.2) is 36.5 Å². The number of carbonyl (C=O) groups is 1. The molecule has 0 saturated carbocycles. The Morgan fingerprint density at radius 1 is 1.23 bits per heavy atom. The van der Waals surface area contributed by atoms with Crippen molar-refractivity contribution in [1.29, 1.82) is 0 Å². The standard InChI is InChI=1S/C20H23N3O3/c24-20(25)15-4-3-14-2-1-13(9-16(14)10-15)12-26-17-5-6-18(21-11-17)19-7-8-22-23-19/h3-6,10-11,13,19,22-23H,1-2,7-9,12H2,(H,24,25). The maximum absolute atomic E-state index is 11.2. The summed E-state index contributed by atoms with van der Waals surface area (Å²) in [5.41, 5.74) is 10.1. The number of hydrogen-bond acceptors (Lipinski definition) is 5. The van der Waals surface area contributed by atoms with Crippen LogP contribution in [0.3, 0.4) is 0 Å². The Morgan fingerprint density at radius 2 is 2.15 bits per heavy atom. The van der Waals surface area contributed by atoms with Gasteiger partial charge in [-0.1, -0.05) is 6.07 Å². The topological polar surface area (TPSA) is 83.5 Å². The predicted molar refractivity (Wildman–Crippen MR) is 97.1 cm³/mol. The van der Waals surface area contributed by atoms with Crippen LogP contribution < -0.4 is 15.6 Å². The minimum atomic E-state index is -0.871. The van der Waals surface area contributed by atoms with Gasteiger partial charge < -0.3 is 9.84 Å². The Labute approximate surface area is 152 Å². The first-order valence-electron chi connectivity index (χ1n) is 9.11. The summed E-state index contributed by atoms with van der Waals surface area (Å²) in [6.07, 6.45) is 5.71. The van der Waals surface area contributed by atoms with Gasteiger partial charge in [0.15, 0.2) is 0 Å². The van der Waals surface area contributed by atoms with Crippen molar-refractivity contribution < 1.29 is 14.6 Å². The lowest BCUT2D eigenvalue weighted by Gasteiger charge is -2.25. The van der Waals surface area contributed by atoms with Crippen molar-refractivity contribution >= 4 is 5.97 Å². The summed E-state index contributed by atoms with van der Waals surface area (Å²) in [5, 5.41) is 9.17. The predicted octanol–water partition coefficient (Wildman–Crippen LogP) is 2.50. The molecule has 3 N–H and O–H groups in total. The van der Waals surface area contributed by atoms with E-state index in [2.05, 4.69) is 15.8 Å². The highest BCUT2D eigenvalue weighted by Crippen LogP contribution is 2.27. The zero-order valence-corrected chi connectivity index (χ0v) is 14.6. The van der Waals surface area contributed by atoms with Crippen LogP contribution in [0.2, 0.25) is 0 Å². The maximum Gasteiger partial charge on any atom is 0.335 e. The fraction of sp³-hybridized carbons (Fsp3) is 0.400. The number of carboxylic acid groups (broad SMARTS) is 1. The second kappa shape index (κ2) is 7.43. The van der Waals surface area contributed by atoms with E-state index in [0.717, 1.165) is 49.2 Å². The monoisotopic (exact) mass is 353 g/mol. The first-order chi connectivity index (χ1) is 12.7. The number of hydrogen-bond donors (Lipinski definition) is 3. The van der Waals surface area contributed by atoms with E-state index < -0.39 is 5.97 Å². The molecule has 136 valence electrons. The molecule has 0 spiro atoms. The molecule has 2 heterocycles. The van der Waals surface area contributed by atoms with Gasteiger partial charge in [-0.25, -0.2) is 10.2 Å². The summed E-state index contributed by atoms with van der Waals surface area (Å²) in [6.45, 7) is 1.58. The molecule has 1 aliphatic heterocycles. The number of ether oxygens (including phenoxy) is 1. The summed E-state index contributed by atoms with van der Waals surface area (Å²) in [4.78, 5) is 15.7. The Balaban J connectivity index is 1.35. The van der Waals surface area contributed by atoms with Crippen molar-refractivity contribution in [3.63, 3.8) is 0 Å². The Kier molecular flexibility index (Phi) is 4.86. The number of nitrogens with zero attached hydrogens (tertiary/aromatic N) is 1. The SMILES string of the molecule is O=C(O)c1ccc2c(c1)CC(COc1ccc(C3CCNN3)nc1)CC2. The van der Waals surface area contributed by atoms with Gasteiger partial charge in [0.05, 0.1) is 30.1 Å². The Hall–Kier alpha value is -2.44. The molecule has 1 aromatic heterocycles. The van der Waals surface area contributed by atoms with Gasteiger partial charge in [0, 0.05) is 6.54 Å². The molecule has 1 aromatic carbocycles. The highest BCUT2D eigenvalue weighted by atomic mass is 16.5. The molecule has 4 rings (SSSR count). The highest BCUT2D eigenvalue weighted by Gasteiger charge is 2.21. The molecule has 2 aromatic rings. The van der Waals surface area contributed by atoms with Gasteiger partial charge in [-0.05, 0) is 67.0 Å². The van der Waals surface area contributed by atoms with Gasteiger partial charge in [-0.3, -0.25) is 10.4 Å². The van der Waals surface area contributed by atoms with Crippen LogP contribution in [0.1, 0.15) is 46.1 Å². The van der Waals surface area contributed by atoms with Crippen molar-refractivity contribution in [2.45, 2.75) is 31.7 Å². The Bertz CT molecular complexity index is 785. The van der Waals surface area contributed by atoms with E-state index >= 15 is 0 Å². The van der Waals surface area contributed by atoms with Crippen LogP contribution >= 0.6 is 0 Å². The van der Waals surface area contributed by atoms with Crippen LogP contribution in [0.4, 0.5) is 0 Å². The lowest BCUT2D eigenvalue weighted by molar-refractivity contribution is 0.0696. The molecule has 0 bridgehead atoms. The minimum absolute atomic E-state index is 0.266. The van der Waals surface area contributed by atoms with Crippen molar-refractivity contribution in [3.05, 3.63) is 58.9 Å². The fourth-order valence-electron chi connectivity index (χ4n) is 3.71. The third kappa shape index (κ3) is 3.71. The summed E-state index contributed by atoms with van der Waals surface area (Å²) in [7, 11) is 0. The number of aromatic nitrogens is 1. The number of aromatic carboxylic acids is 1. The van der Waals surface area contributed by atoms with Crippen LogP contribution in [-0.2, 0) is 12.8 Å². The molecular weight excluding hydrogens is 330 g/mol. The second-order valence-corrected chi connectivity index (χ2v) is 7.04. The third-order valence-corrected chi connectivity index (χ3v) is 5.22. The van der Waals surface area contributed by atoms with Crippen LogP contribution in [0, 0.1) is 5.92 Å². The molecule has 0 amide bonds. The van der Waals surface area contributed by atoms with Crippen LogP contribution in [-0.4, -0.2) is 29.2 Å². The molecule has 26 heavy (non-hydrogen) atoms. The average Bonchev–Trinajstić information content (AvgIpc) is 3.21. The van der Waals surface area contributed by atoms with Gasteiger partial charge in [0.2, 0.25) is 0 Å². The smallest absolute Gasteiger partial charge is 0.335 e. The molecule has 6 nitrogen and oxygen atoms in total. The number of pyridine rings is 1. The number of aryl methyl sites for hydroxylation is 1. The first kappa shape index (κ1) is 17.0. The van der Waals surface area contributed by atoms with Crippen molar-refractivity contribution in [2.24, 2.45) is 5.92 Å². The number of rotatable bonds is 5. The third-order valence-electron chi connectivity index (χ3n) is 5.22. The van der Waals surface area contributed by atoms with E-state index in [9.17, 15) is 4.79 Å². The number of nitrogens with one attached hydrogen (secondary N) is 2. The zero-order valence-electron chi connectivity index (χ0n) is 14.6. The van der Waals surface area contributed by atoms with E-state index in [1.165, 1.54) is 5.56 Å². The largest absolute Gasteiger partial charge is 0.492 e. The lowest BCUT2D eigenvalue weighted by Crippen LogP contribution is -2.25. The number of benzene rings is 1. The van der Waals surface area contributed by atoms with E-state index in [0.29, 0.717) is 18.1 Å². The molecule has 2 atom stereocenters. The molecule has 2 unspecified atom stereocenters. The summed E-state index contributed by atoms with van der Waals surface area (Å²) >= 11 is 0. The molecule has 6 heteroatoms. The van der Waals surface area contributed by atoms with Crippen molar-refractivity contribution in [3.8, 4) is 5.75 Å². The molecule has 1 saturated heterocycles. The highest BCUT2D eigenvalue weighted by molar-refractivity contribution is 5.87. The normalized spacial score (nSPS) is 22.0. The quantitative estimate of drug-likeness (QED) is 0.766. The van der Waals surface area contributed by atoms with Gasteiger partial charge in [-0.15, -0.1) is 0 Å². The van der Waals surface area contributed by atoms with Gasteiger partial charge in [0.25, 0.3) is 0 Å². The summed E-state index contributed by atoms with van der Waals surface area (Å²) < 4.78 is 5.94. The molecule has 1 aliphatic carbocycles. The van der Waals surface area contributed by atoms with Crippen molar-refractivity contribution in [2.75, 3.05) is 13.2 Å². The van der Waals surface area contributed by atoms with E-state index in [4.69, 9.17) is 9.84 Å². The minimum Gasteiger partial charge on any atom is -0.492 e. The summed E-state index contributed by atoms with van der Waals surface area (Å²) in [6, 6.07) is 9.70. The summed E-state index contributed by atoms with van der Waals surface area (Å²) in [5.74, 6) is 0.306. The van der Waals surface area contributed by atoms with Crippen LogP contribution in [0.25, 0.3) is 0 Å². The molecule has 2 aliphatic rings. The van der Waals surface area contributed by atoms with E-state index in [1.54, 1.807) is 12.3 Å². The Morgan fingerprint density at radius 3 is 2.88 bits per heavy atom. The van der Waals surface area contributed by atoms with Crippen molar-refractivity contribution in [1.82, 2.24) is 15.8 Å². The fourth-order valence-corrected chi connectivity index (χ4v) is 3.71. The first-order valence-corrected chi connectivity index (χ1v) is 9.11. The molecular formula is C20H23N3O3. The van der Waals surface area contributed by atoms with E-state index in [-0.39, 0.29) is 6.04 Å². The number of fused-ring (bicyclic) bond motifs is 1. The van der Waals surface area contributed by atoms with Gasteiger partial charge >= 0.3 is 5.97 Å². The van der Waals surface area contributed by atoms with E-state index in [1.807, 2.05) is 24.3 Å². The zero-order chi connectivity index (χ0) is 17.9.